The summed E-state index contributed by atoms with van der Waals surface area (Å²) in [4.78, 5) is 5.19. The number of hydrogen-bond acceptors (Lipinski definition) is 2. The van der Waals surface area contributed by atoms with Crippen molar-refractivity contribution < 1.29 is 28.2 Å². The molecule has 0 atom stereocenters. The van der Waals surface area contributed by atoms with Gasteiger partial charge in [-0.3, -0.25) is 0 Å². The molecule has 10 aromatic carbocycles. The number of fused-ring (bicyclic) bond motifs is 10. The number of rotatable bonds is 8. The summed E-state index contributed by atoms with van der Waals surface area (Å²) < 4.78 is 44.2. The van der Waals surface area contributed by atoms with Gasteiger partial charge in [0.15, 0.2) is 0 Å². The van der Waals surface area contributed by atoms with E-state index < -0.39 is 6.85 Å². The average Bonchev–Trinajstić information content (AvgIpc) is 1.53. The molecule has 0 aliphatic heterocycles. The Morgan fingerprint density at radius 1 is 0.448 bits per heavy atom. The Kier molecular flexibility index (Phi) is 11.8. The fourth-order valence-electron chi connectivity index (χ4n) is 13.0. The van der Waals surface area contributed by atoms with Crippen LogP contribution in [0.4, 0.5) is 0 Å². The van der Waals surface area contributed by atoms with Gasteiger partial charge < -0.3 is 4.40 Å². The topological polar surface area (TPSA) is 41.3 Å². The van der Waals surface area contributed by atoms with Crippen molar-refractivity contribution in [3.8, 4) is 62.1 Å². The Labute approximate surface area is 523 Å². The Morgan fingerprint density at radius 2 is 1.06 bits per heavy atom. The molecule has 0 amide bonds. The van der Waals surface area contributed by atoms with Crippen LogP contribution in [0.15, 0.2) is 206 Å². The second-order valence-electron chi connectivity index (χ2n) is 26.5. The first-order chi connectivity index (χ1) is 43.0. The quantitative estimate of drug-likeness (QED) is 0.142. The summed E-state index contributed by atoms with van der Waals surface area (Å²) >= 11 is 2.50. The summed E-state index contributed by atoms with van der Waals surface area (Å²) in [7, 11) is 0. The predicted molar refractivity (Wildman–Crippen MR) is 359 cm³/mol. The number of nitrogens with zero attached hydrogens (tertiary/aromatic N) is 5. The molecule has 0 N–H and O–H groups in total. The van der Waals surface area contributed by atoms with Crippen molar-refractivity contribution in [2.45, 2.75) is 92.3 Å². The molecular weight excluding hydrogens is 1240 g/mol. The van der Waals surface area contributed by atoms with Crippen molar-refractivity contribution in [2.24, 2.45) is 0 Å². The molecule has 87 heavy (non-hydrogen) atoms. The van der Waals surface area contributed by atoms with Gasteiger partial charge in [-0.2, -0.15) is 0 Å². The second-order valence-corrected chi connectivity index (χ2v) is 27.5. The van der Waals surface area contributed by atoms with Crippen LogP contribution in [0, 0.1) is 29.7 Å². The van der Waals surface area contributed by atoms with Crippen LogP contribution in [-0.4, -0.2) is 23.1 Å². The number of imidazole rings is 1. The van der Waals surface area contributed by atoms with Crippen LogP contribution in [0.25, 0.3) is 122 Å². The van der Waals surface area contributed by atoms with Gasteiger partial charge in [0, 0.05) is 37.4 Å². The third kappa shape index (κ3) is 8.92. The smallest absolute Gasteiger partial charge is 0.0579 e. The Morgan fingerprint density at radius 3 is 1.76 bits per heavy atom. The number of aryl methyl sites for hydroxylation is 2. The van der Waals surface area contributed by atoms with Gasteiger partial charge in [0.05, 0.1) is 16.6 Å². The average molecular weight is 1310 g/mol. The van der Waals surface area contributed by atoms with Gasteiger partial charge in [0.2, 0.25) is 0 Å². The van der Waals surface area contributed by atoms with Gasteiger partial charge in [0.1, 0.15) is 0 Å². The third-order valence-corrected chi connectivity index (χ3v) is 18.8. The van der Waals surface area contributed by atoms with E-state index in [1.54, 1.807) is 12.3 Å². The van der Waals surface area contributed by atoms with Crippen molar-refractivity contribution in [3.05, 3.63) is 250 Å². The molecule has 0 saturated carbocycles. The van der Waals surface area contributed by atoms with E-state index in [0.717, 1.165) is 97.7 Å². The maximum atomic E-state index is 9.01. The molecule has 15 aromatic rings. The first kappa shape index (κ1) is 51.2. The number of pyridine rings is 1. The van der Waals surface area contributed by atoms with Crippen LogP contribution in [-0.2, 0) is 35.6 Å². The van der Waals surface area contributed by atoms with Crippen LogP contribution in [0.5, 0.6) is 11.5 Å². The fraction of sp³-hybridized carbons (Fsp3) is 0.175. The summed E-state index contributed by atoms with van der Waals surface area (Å²) in [5.41, 5.74) is 19.4. The van der Waals surface area contributed by atoms with Crippen LogP contribution in [0.3, 0.4) is 0 Å². The van der Waals surface area contributed by atoms with Gasteiger partial charge in [-0.15, -0.1) is 0 Å². The first-order valence-corrected chi connectivity index (χ1v) is 31.1. The minimum absolute atomic E-state index is 0.0683. The second kappa shape index (κ2) is 20.0. The fourth-order valence-corrected chi connectivity index (χ4v) is 14.1. The van der Waals surface area contributed by atoms with Gasteiger partial charge in [0.25, 0.3) is 0 Å². The summed E-state index contributed by atoms with van der Waals surface area (Å²) in [6.07, 6.45) is 1.72. The van der Waals surface area contributed by atoms with E-state index in [-0.39, 0.29) is 21.8 Å². The SMILES string of the molecule is [2H]C([2H])([2H])c1cc(-n2c3[c-]c(Oc4[c-]c(-n5[c](=[Pt])n(-c6c(-c7ccccc7)cccc6-c6cc(C(C)(C)C)cc(C(C)(C)C)c6)c6ccccc65)ccc4C)ccc3c3cc4c5cccc6c7ccccc7n(c4cc32)c65)ncc1-c1ccc(C(C)(C)C)cc1. The van der Waals surface area contributed by atoms with E-state index in [1.807, 2.05) is 25.1 Å². The van der Waals surface area contributed by atoms with Crippen LogP contribution >= 0.6 is 0 Å². The van der Waals surface area contributed by atoms with Gasteiger partial charge in [-0.1, -0.05) is 81.4 Å². The molecular formula is C80H67N5OPt-2. The zero-order valence-electron chi connectivity index (χ0n) is 53.6. The molecule has 0 spiro atoms. The van der Waals surface area contributed by atoms with Crippen LogP contribution in [0.1, 0.15) is 94.2 Å². The summed E-state index contributed by atoms with van der Waals surface area (Å²) in [6, 6.07) is 78.6. The molecule has 6 nitrogen and oxygen atoms in total. The van der Waals surface area contributed by atoms with Crippen LogP contribution in [0.2, 0.25) is 0 Å². The van der Waals surface area contributed by atoms with Crippen molar-refractivity contribution >= 4 is 70.9 Å². The number of ether oxygens (including phenoxy) is 1. The van der Waals surface area contributed by atoms with Gasteiger partial charge in [-0.05, 0) is 35.0 Å². The summed E-state index contributed by atoms with van der Waals surface area (Å²) in [5, 5.41) is 6.59. The Bertz CT molecular complexity index is 5440. The molecule has 7 heteroatoms. The normalized spacial score (nSPS) is 13.3. The molecule has 0 radical (unpaired) electrons. The van der Waals surface area contributed by atoms with E-state index in [9.17, 15) is 0 Å². The minimum Gasteiger partial charge on any atom is -0.0579 e. The first-order valence-electron chi connectivity index (χ1n) is 31.4. The van der Waals surface area contributed by atoms with E-state index in [4.69, 9.17) is 13.8 Å². The molecule has 5 aromatic heterocycles. The van der Waals surface area contributed by atoms with E-state index in [0.29, 0.717) is 28.4 Å². The maximum absolute atomic E-state index is 9.01. The Hall–Kier alpha value is -9.09. The zero-order valence-corrected chi connectivity index (χ0v) is 52.9. The molecule has 0 saturated heterocycles. The summed E-state index contributed by atoms with van der Waals surface area (Å²) in [5.74, 6) is 1.48. The van der Waals surface area contributed by atoms with Crippen LogP contribution < -0.4 is 4.74 Å². The number of aromatic nitrogens is 5. The minimum atomic E-state index is -2.46. The molecule has 0 aliphatic rings. The molecule has 430 valence electrons. The van der Waals surface area contributed by atoms with Crippen molar-refractivity contribution in [3.63, 3.8) is 0 Å². The molecule has 0 unspecified atom stereocenters. The number of para-hydroxylation sites is 5. The number of hydrogen-bond donors (Lipinski definition) is 0. The predicted octanol–water partition coefficient (Wildman–Crippen LogP) is 21.0. The molecule has 5 heterocycles. The summed E-state index contributed by atoms with van der Waals surface area (Å²) in [6.45, 7) is 19.9. The zero-order chi connectivity index (χ0) is 62.5. The van der Waals surface area contributed by atoms with E-state index in [2.05, 4.69) is 288 Å². The van der Waals surface area contributed by atoms with Gasteiger partial charge in [-0.25, -0.2) is 0 Å². The van der Waals surface area contributed by atoms with Crippen molar-refractivity contribution in [2.75, 3.05) is 0 Å². The van der Waals surface area contributed by atoms with Crippen molar-refractivity contribution in [1.29, 1.82) is 0 Å². The van der Waals surface area contributed by atoms with Crippen molar-refractivity contribution in [1.82, 2.24) is 23.1 Å². The number of benzene rings is 10. The third-order valence-electron chi connectivity index (χ3n) is 17.7. The van der Waals surface area contributed by atoms with E-state index >= 15 is 0 Å². The molecule has 0 bridgehead atoms. The molecule has 15 rings (SSSR count). The van der Waals surface area contributed by atoms with E-state index in [1.165, 1.54) is 33.0 Å². The Balaban J connectivity index is 0.910. The monoisotopic (exact) mass is 1310 g/mol. The molecule has 0 aliphatic carbocycles. The van der Waals surface area contributed by atoms with Gasteiger partial charge >= 0.3 is 352 Å². The standard InChI is InChI=1S/C80H67N5O.Pt/c1-49-31-36-57(82-48-83(70-30-18-17-29-69(70)82)76-59(51-21-13-12-14-22-51)24-19-25-60(76)53-40-55(79(6,7)8)42-56(41-53)80(9,10)11)43-74(49)86-58-37-38-62-65-45-66-64-27-20-26-63-61-23-15-16-28-68(61)85(77(63)64)73(66)46-72(65)84(71(62)44-58)75-39-50(2)67(47-81-75)52-32-34-54(35-33-52)78(3,4)5;/h12-42,45-47H,1-11H3;/q-2;/i2D3;. The molecule has 0 fully saturated rings.